The number of likely N-dealkylation sites (tertiary alicyclic amines) is 1. The summed E-state index contributed by atoms with van der Waals surface area (Å²) in [5, 5.41) is 10.7. The number of piperidine rings is 1. The van der Waals surface area contributed by atoms with Crippen LogP contribution in [0.5, 0.6) is 0 Å². The number of hydrogen-bond donors (Lipinski definition) is 1. The maximum Gasteiger partial charge on any atom is 0.418 e. The Kier molecular flexibility index (Phi) is 5.79. The molecule has 0 saturated carbocycles. The van der Waals surface area contributed by atoms with Crippen molar-refractivity contribution in [3.63, 3.8) is 0 Å². The zero-order valence-corrected chi connectivity index (χ0v) is 15.0. The summed E-state index contributed by atoms with van der Waals surface area (Å²) in [6, 6.07) is 5.09. The van der Waals surface area contributed by atoms with Gasteiger partial charge in [0.15, 0.2) is 5.69 Å². The van der Waals surface area contributed by atoms with Gasteiger partial charge in [0.25, 0.3) is 5.91 Å². The van der Waals surface area contributed by atoms with E-state index in [1.165, 1.54) is 24.4 Å². The summed E-state index contributed by atoms with van der Waals surface area (Å²) in [6.07, 6.45) is -0.345. The van der Waals surface area contributed by atoms with Crippen LogP contribution >= 0.6 is 0 Å². The lowest BCUT2D eigenvalue weighted by atomic mass is 9.93. The van der Waals surface area contributed by atoms with Gasteiger partial charge >= 0.3 is 6.18 Å². The van der Waals surface area contributed by atoms with Crippen molar-refractivity contribution < 1.29 is 18.0 Å². The minimum Gasteiger partial charge on any atom is -0.337 e. The highest BCUT2D eigenvalue weighted by molar-refractivity contribution is 5.92. The summed E-state index contributed by atoms with van der Waals surface area (Å²) >= 11 is 0. The number of nitrogens with zero attached hydrogens (tertiary/aromatic N) is 4. The van der Waals surface area contributed by atoms with E-state index in [1.54, 1.807) is 4.90 Å². The lowest BCUT2D eigenvalue weighted by molar-refractivity contribution is -0.137. The summed E-state index contributed by atoms with van der Waals surface area (Å²) in [4.78, 5) is 14.3. The molecule has 1 fully saturated rings. The Morgan fingerprint density at radius 2 is 1.96 bits per heavy atom. The Morgan fingerprint density at radius 3 is 2.63 bits per heavy atom. The number of aromatic nitrogens is 3. The molecule has 1 aromatic heterocycles. The highest BCUT2D eigenvalue weighted by atomic mass is 19.4. The molecule has 6 nitrogen and oxygen atoms in total. The number of nitrogens with one attached hydrogen (secondary N) is 1. The molecule has 3 rings (SSSR count). The van der Waals surface area contributed by atoms with Crippen LogP contribution in [0.2, 0.25) is 0 Å². The maximum absolute atomic E-state index is 13.2. The largest absolute Gasteiger partial charge is 0.418 e. The van der Waals surface area contributed by atoms with Crippen molar-refractivity contribution in [3.05, 3.63) is 41.7 Å². The summed E-state index contributed by atoms with van der Waals surface area (Å²) in [5.41, 5.74) is -0.915. The van der Waals surface area contributed by atoms with E-state index in [1.807, 2.05) is 7.05 Å². The first-order chi connectivity index (χ1) is 12.9. The second-order valence-electron chi connectivity index (χ2n) is 6.69. The topological polar surface area (TPSA) is 63.1 Å². The molecule has 2 heterocycles. The number of hydrogen-bond acceptors (Lipinski definition) is 4. The lowest BCUT2D eigenvalue weighted by Gasteiger charge is -2.31. The molecule has 27 heavy (non-hydrogen) atoms. The molecule has 9 heteroatoms. The fourth-order valence-corrected chi connectivity index (χ4v) is 3.33. The van der Waals surface area contributed by atoms with Crippen molar-refractivity contribution in [1.29, 1.82) is 0 Å². The Balaban J connectivity index is 1.71. The molecule has 1 aliphatic rings. The highest BCUT2D eigenvalue weighted by Crippen LogP contribution is 2.33. The Bertz CT molecular complexity index is 781. The zero-order chi connectivity index (χ0) is 19.4. The zero-order valence-electron chi connectivity index (χ0n) is 15.0. The number of rotatable bonds is 5. The van der Waals surface area contributed by atoms with Crippen molar-refractivity contribution in [2.75, 3.05) is 26.7 Å². The van der Waals surface area contributed by atoms with Crippen LogP contribution in [-0.2, 0) is 6.18 Å². The smallest absolute Gasteiger partial charge is 0.337 e. The molecule has 0 atom stereocenters. The van der Waals surface area contributed by atoms with Gasteiger partial charge in [0, 0.05) is 13.1 Å². The molecule has 0 unspecified atom stereocenters. The minimum absolute atomic E-state index is 0.0562. The van der Waals surface area contributed by atoms with E-state index in [2.05, 4.69) is 15.6 Å². The van der Waals surface area contributed by atoms with Gasteiger partial charge in [-0.2, -0.15) is 13.2 Å². The van der Waals surface area contributed by atoms with Crippen LogP contribution in [0.25, 0.3) is 5.69 Å². The third kappa shape index (κ3) is 4.47. The molecule has 0 bridgehead atoms. The summed E-state index contributed by atoms with van der Waals surface area (Å²) in [5.74, 6) is 0.286. The van der Waals surface area contributed by atoms with Crippen molar-refractivity contribution in [1.82, 2.24) is 25.2 Å². The first kappa shape index (κ1) is 19.3. The predicted octanol–water partition coefficient (Wildman–Crippen LogP) is 2.75. The molecule has 0 radical (unpaired) electrons. The average molecular weight is 381 g/mol. The van der Waals surface area contributed by atoms with Crippen LogP contribution < -0.4 is 5.32 Å². The van der Waals surface area contributed by atoms with Crippen molar-refractivity contribution in [2.45, 2.75) is 25.4 Å². The van der Waals surface area contributed by atoms with Crippen LogP contribution in [-0.4, -0.2) is 52.5 Å². The van der Waals surface area contributed by atoms with E-state index >= 15 is 0 Å². The third-order valence-electron chi connectivity index (χ3n) is 4.87. The molecule has 0 aliphatic carbocycles. The van der Waals surface area contributed by atoms with Crippen molar-refractivity contribution >= 4 is 5.91 Å². The molecule has 1 N–H and O–H groups in total. The number of benzene rings is 1. The number of carbonyl (C=O) groups is 1. The molecule has 1 aliphatic heterocycles. The van der Waals surface area contributed by atoms with E-state index in [9.17, 15) is 18.0 Å². The summed E-state index contributed by atoms with van der Waals surface area (Å²) < 4.78 is 40.5. The van der Waals surface area contributed by atoms with E-state index in [-0.39, 0.29) is 17.3 Å². The lowest BCUT2D eigenvalue weighted by Crippen LogP contribution is -2.39. The molecule has 146 valence electrons. The van der Waals surface area contributed by atoms with Crippen LogP contribution in [0.3, 0.4) is 0 Å². The normalized spacial score (nSPS) is 15.9. The van der Waals surface area contributed by atoms with Gasteiger partial charge in [-0.1, -0.05) is 17.3 Å². The Morgan fingerprint density at radius 1 is 1.26 bits per heavy atom. The van der Waals surface area contributed by atoms with Crippen LogP contribution in [0.4, 0.5) is 13.2 Å². The maximum atomic E-state index is 13.2. The van der Waals surface area contributed by atoms with E-state index in [0.717, 1.165) is 36.6 Å². The highest BCUT2D eigenvalue weighted by Gasteiger charge is 2.34. The second kappa shape index (κ2) is 8.08. The molecule has 2 aromatic rings. The summed E-state index contributed by atoms with van der Waals surface area (Å²) in [6.45, 7) is 2.20. The monoisotopic (exact) mass is 381 g/mol. The SMILES string of the molecule is CNCCC1CCN(C(=O)c2cn(-c3ccccc3C(F)(F)F)nn2)CC1. The molecule has 1 saturated heterocycles. The first-order valence-corrected chi connectivity index (χ1v) is 8.93. The number of amides is 1. The standard InChI is InChI=1S/C18H22F3N5O/c1-22-9-6-13-7-10-25(11-8-13)17(27)15-12-26(24-23-15)16-5-3-2-4-14(16)18(19,20)21/h2-5,12-13,22H,6-11H2,1H3. The molecule has 0 spiro atoms. The average Bonchev–Trinajstić information content (AvgIpc) is 3.15. The minimum atomic E-state index is -4.51. The van der Waals surface area contributed by atoms with Gasteiger partial charge in [-0.25, -0.2) is 4.68 Å². The van der Waals surface area contributed by atoms with Gasteiger partial charge in [-0.15, -0.1) is 5.10 Å². The first-order valence-electron chi connectivity index (χ1n) is 8.93. The van der Waals surface area contributed by atoms with Gasteiger partial charge in [0.05, 0.1) is 17.4 Å². The quantitative estimate of drug-likeness (QED) is 0.865. The van der Waals surface area contributed by atoms with Gasteiger partial charge in [-0.05, 0) is 50.9 Å². The van der Waals surface area contributed by atoms with Gasteiger partial charge in [0.1, 0.15) is 0 Å². The predicted molar refractivity (Wildman–Crippen MR) is 93.5 cm³/mol. The van der Waals surface area contributed by atoms with Crippen molar-refractivity contribution in [3.8, 4) is 5.69 Å². The molecular weight excluding hydrogens is 359 g/mol. The van der Waals surface area contributed by atoms with Crippen molar-refractivity contribution in [2.24, 2.45) is 5.92 Å². The third-order valence-corrected chi connectivity index (χ3v) is 4.87. The van der Waals surface area contributed by atoms with Crippen LogP contribution in [0, 0.1) is 5.92 Å². The molecule has 1 amide bonds. The number of para-hydroxylation sites is 1. The van der Waals surface area contributed by atoms with Crippen LogP contribution in [0.15, 0.2) is 30.5 Å². The fourth-order valence-electron chi connectivity index (χ4n) is 3.33. The summed E-state index contributed by atoms with van der Waals surface area (Å²) in [7, 11) is 1.92. The second-order valence-corrected chi connectivity index (χ2v) is 6.69. The van der Waals surface area contributed by atoms with E-state index in [4.69, 9.17) is 0 Å². The number of carbonyl (C=O) groups excluding carboxylic acids is 1. The fraction of sp³-hybridized carbons (Fsp3) is 0.500. The molecular formula is C18H22F3N5O. The van der Waals surface area contributed by atoms with E-state index < -0.39 is 11.7 Å². The number of halogens is 3. The van der Waals surface area contributed by atoms with Crippen LogP contribution in [0.1, 0.15) is 35.3 Å². The number of alkyl halides is 3. The van der Waals surface area contributed by atoms with Gasteiger partial charge in [0.2, 0.25) is 0 Å². The Hall–Kier alpha value is -2.42. The van der Waals surface area contributed by atoms with Gasteiger partial charge < -0.3 is 10.2 Å². The molecule has 1 aromatic carbocycles. The Labute approximate surface area is 155 Å². The van der Waals surface area contributed by atoms with Gasteiger partial charge in [-0.3, -0.25) is 4.79 Å². The van der Waals surface area contributed by atoms with E-state index in [0.29, 0.717) is 19.0 Å².